The Morgan fingerprint density at radius 1 is 0.955 bits per heavy atom. The number of nitrogens with one attached hydrogen (secondary N) is 4. The highest BCUT2D eigenvalue weighted by molar-refractivity contribution is 5.38. The van der Waals surface area contributed by atoms with Gasteiger partial charge in [0.15, 0.2) is 0 Å². The van der Waals surface area contributed by atoms with Crippen molar-refractivity contribution in [3.63, 3.8) is 0 Å². The summed E-state index contributed by atoms with van der Waals surface area (Å²) in [6.07, 6.45) is 0.932. The van der Waals surface area contributed by atoms with Crippen LogP contribution >= 0.6 is 0 Å². The topological polar surface area (TPSA) is 94.4 Å². The molecule has 0 bridgehead atoms. The maximum absolute atomic E-state index is 10.2. The first-order chi connectivity index (χ1) is 10.8. The van der Waals surface area contributed by atoms with Crippen molar-refractivity contribution in [1.82, 2.24) is 21.3 Å². The van der Waals surface area contributed by atoms with Crippen molar-refractivity contribution in [2.45, 2.75) is 19.0 Å². The first kappa shape index (κ1) is 17.2. The SMILES string of the molecule is NCc1ccc(O)c(C2CCNCCNCCNCCN2)c1. The molecule has 1 fully saturated rings. The van der Waals surface area contributed by atoms with Crippen LogP contribution in [0, 0.1) is 0 Å². The van der Waals surface area contributed by atoms with Crippen molar-refractivity contribution in [2.24, 2.45) is 5.73 Å². The molecule has 1 aromatic rings. The summed E-state index contributed by atoms with van der Waals surface area (Å²) >= 11 is 0. The van der Waals surface area contributed by atoms with Crippen LogP contribution in [0.2, 0.25) is 0 Å². The number of hydrogen-bond acceptors (Lipinski definition) is 6. The van der Waals surface area contributed by atoms with E-state index in [0.717, 1.165) is 63.4 Å². The number of hydrogen-bond donors (Lipinski definition) is 6. The number of benzene rings is 1. The molecule has 22 heavy (non-hydrogen) atoms. The van der Waals surface area contributed by atoms with Gasteiger partial charge in [0.1, 0.15) is 5.75 Å². The molecule has 124 valence electrons. The predicted octanol–water partition coefficient (Wildman–Crippen LogP) is -0.346. The number of nitrogens with two attached hydrogens (primary N) is 1. The number of aromatic hydroxyl groups is 1. The second-order valence-electron chi connectivity index (χ2n) is 5.64. The van der Waals surface area contributed by atoms with Gasteiger partial charge >= 0.3 is 0 Å². The summed E-state index contributed by atoms with van der Waals surface area (Å²) < 4.78 is 0. The maximum Gasteiger partial charge on any atom is 0.120 e. The Hall–Kier alpha value is -1.18. The molecule has 1 heterocycles. The van der Waals surface area contributed by atoms with Crippen LogP contribution in [0.15, 0.2) is 18.2 Å². The van der Waals surface area contributed by atoms with Crippen LogP contribution < -0.4 is 27.0 Å². The van der Waals surface area contributed by atoms with Crippen molar-refractivity contribution in [2.75, 3.05) is 45.8 Å². The third kappa shape index (κ3) is 5.55. The Kier molecular flexibility index (Phi) is 7.62. The van der Waals surface area contributed by atoms with Gasteiger partial charge in [0.25, 0.3) is 0 Å². The maximum atomic E-state index is 10.2. The summed E-state index contributed by atoms with van der Waals surface area (Å²) in [6.45, 7) is 7.10. The number of rotatable bonds is 2. The van der Waals surface area contributed by atoms with Crippen LogP contribution in [0.5, 0.6) is 5.75 Å². The number of phenolic OH excluding ortho intramolecular Hbond substituents is 1. The summed E-state index contributed by atoms with van der Waals surface area (Å²) in [6, 6.07) is 5.77. The zero-order valence-electron chi connectivity index (χ0n) is 13.2. The van der Waals surface area contributed by atoms with Gasteiger partial charge in [0, 0.05) is 57.4 Å². The van der Waals surface area contributed by atoms with Gasteiger partial charge in [-0.25, -0.2) is 0 Å². The van der Waals surface area contributed by atoms with E-state index < -0.39 is 0 Å². The van der Waals surface area contributed by atoms with E-state index in [0.29, 0.717) is 12.3 Å². The van der Waals surface area contributed by atoms with Gasteiger partial charge in [0.05, 0.1) is 0 Å². The standard InChI is InChI=1S/C16H29N5O/c17-12-13-1-2-16(22)14(11-13)15-3-4-18-5-6-19-7-8-20-9-10-21-15/h1-2,11,15,18-22H,3-10,12,17H2. The van der Waals surface area contributed by atoms with Crippen molar-refractivity contribution in [3.05, 3.63) is 29.3 Å². The highest BCUT2D eigenvalue weighted by Gasteiger charge is 2.15. The smallest absolute Gasteiger partial charge is 0.120 e. The zero-order valence-corrected chi connectivity index (χ0v) is 13.2. The monoisotopic (exact) mass is 307 g/mol. The van der Waals surface area contributed by atoms with Gasteiger partial charge in [-0.05, 0) is 30.7 Å². The normalized spacial score (nSPS) is 22.3. The van der Waals surface area contributed by atoms with E-state index >= 15 is 0 Å². The van der Waals surface area contributed by atoms with E-state index in [1.54, 1.807) is 6.07 Å². The highest BCUT2D eigenvalue weighted by atomic mass is 16.3. The first-order valence-electron chi connectivity index (χ1n) is 8.18. The Morgan fingerprint density at radius 3 is 2.27 bits per heavy atom. The molecule has 7 N–H and O–H groups in total. The van der Waals surface area contributed by atoms with Crippen LogP contribution in [0.25, 0.3) is 0 Å². The molecule has 1 saturated heterocycles. The third-order valence-corrected chi connectivity index (χ3v) is 3.96. The molecule has 1 aromatic carbocycles. The summed E-state index contributed by atoms with van der Waals surface area (Å²) in [5.41, 5.74) is 7.72. The molecule has 1 atom stereocenters. The quantitative estimate of drug-likeness (QED) is 0.447. The molecule has 0 aliphatic carbocycles. The van der Waals surface area contributed by atoms with Crippen molar-refractivity contribution >= 4 is 0 Å². The Balaban J connectivity index is 2.03. The molecule has 6 heteroatoms. The highest BCUT2D eigenvalue weighted by Crippen LogP contribution is 2.27. The van der Waals surface area contributed by atoms with Gasteiger partial charge in [-0.15, -0.1) is 0 Å². The van der Waals surface area contributed by atoms with Crippen LogP contribution in [0.1, 0.15) is 23.6 Å². The summed E-state index contributed by atoms with van der Waals surface area (Å²) in [5.74, 6) is 0.341. The molecule has 0 aromatic heterocycles. The second kappa shape index (κ2) is 9.76. The lowest BCUT2D eigenvalue weighted by atomic mass is 9.99. The Labute approximate surface area is 132 Å². The fourth-order valence-corrected chi connectivity index (χ4v) is 2.69. The predicted molar refractivity (Wildman–Crippen MR) is 90.0 cm³/mol. The molecular weight excluding hydrogens is 278 g/mol. The summed E-state index contributed by atoms with van der Waals surface area (Å²) in [4.78, 5) is 0. The van der Waals surface area contributed by atoms with Gasteiger partial charge in [-0.2, -0.15) is 0 Å². The molecule has 2 rings (SSSR count). The summed E-state index contributed by atoms with van der Waals surface area (Å²) in [5, 5.41) is 24.0. The molecule has 0 spiro atoms. The molecule has 0 radical (unpaired) electrons. The van der Waals surface area contributed by atoms with Gasteiger partial charge < -0.3 is 32.1 Å². The van der Waals surface area contributed by atoms with E-state index in [2.05, 4.69) is 21.3 Å². The summed E-state index contributed by atoms with van der Waals surface area (Å²) in [7, 11) is 0. The largest absolute Gasteiger partial charge is 0.508 e. The molecule has 1 aliphatic rings. The minimum atomic E-state index is 0.134. The van der Waals surface area contributed by atoms with Crippen LogP contribution in [-0.4, -0.2) is 50.9 Å². The lowest BCUT2D eigenvalue weighted by Crippen LogP contribution is -2.34. The van der Waals surface area contributed by atoms with Gasteiger partial charge in [-0.1, -0.05) is 6.07 Å². The molecule has 0 amide bonds. The van der Waals surface area contributed by atoms with Gasteiger partial charge in [0.2, 0.25) is 0 Å². The van der Waals surface area contributed by atoms with E-state index in [1.807, 2.05) is 12.1 Å². The minimum absolute atomic E-state index is 0.134. The molecule has 0 saturated carbocycles. The van der Waals surface area contributed by atoms with E-state index in [9.17, 15) is 5.11 Å². The number of phenols is 1. The fourth-order valence-electron chi connectivity index (χ4n) is 2.69. The lowest BCUT2D eigenvalue weighted by Gasteiger charge is -2.21. The van der Waals surface area contributed by atoms with Crippen molar-refractivity contribution in [1.29, 1.82) is 0 Å². The van der Waals surface area contributed by atoms with Gasteiger partial charge in [-0.3, -0.25) is 0 Å². The third-order valence-electron chi connectivity index (χ3n) is 3.96. The molecular formula is C16H29N5O. The fraction of sp³-hybridized carbons (Fsp3) is 0.625. The minimum Gasteiger partial charge on any atom is -0.508 e. The average molecular weight is 307 g/mol. The van der Waals surface area contributed by atoms with Crippen LogP contribution in [0.4, 0.5) is 0 Å². The second-order valence-corrected chi connectivity index (χ2v) is 5.64. The first-order valence-corrected chi connectivity index (χ1v) is 8.18. The Morgan fingerprint density at radius 2 is 1.59 bits per heavy atom. The average Bonchev–Trinajstić information content (AvgIpc) is 2.56. The lowest BCUT2D eigenvalue weighted by molar-refractivity contribution is 0.430. The molecule has 1 aliphatic heterocycles. The van der Waals surface area contributed by atoms with E-state index in [4.69, 9.17) is 5.73 Å². The Bertz CT molecular complexity index is 427. The van der Waals surface area contributed by atoms with Crippen molar-refractivity contribution < 1.29 is 5.11 Å². The zero-order chi connectivity index (χ0) is 15.6. The van der Waals surface area contributed by atoms with Crippen LogP contribution in [-0.2, 0) is 6.54 Å². The van der Waals surface area contributed by atoms with Crippen molar-refractivity contribution in [3.8, 4) is 5.75 Å². The molecule has 6 nitrogen and oxygen atoms in total. The van der Waals surface area contributed by atoms with E-state index in [1.165, 1.54) is 0 Å². The van der Waals surface area contributed by atoms with E-state index in [-0.39, 0.29) is 6.04 Å². The molecule has 1 unspecified atom stereocenters. The van der Waals surface area contributed by atoms with Crippen LogP contribution in [0.3, 0.4) is 0 Å².